The van der Waals surface area contributed by atoms with Crippen molar-refractivity contribution in [3.8, 4) is 11.3 Å². The van der Waals surface area contributed by atoms with Gasteiger partial charge in [-0.2, -0.15) is 0 Å². The minimum absolute atomic E-state index is 0.257. The molecule has 0 radical (unpaired) electrons. The third kappa shape index (κ3) is 4.44. The van der Waals surface area contributed by atoms with E-state index in [2.05, 4.69) is 42.9 Å². The Kier molecular flexibility index (Phi) is 5.34. The summed E-state index contributed by atoms with van der Waals surface area (Å²) in [7, 11) is 2.03. The van der Waals surface area contributed by atoms with Crippen LogP contribution in [-0.4, -0.2) is 39.7 Å². The predicted molar refractivity (Wildman–Crippen MR) is 84.4 cm³/mol. The molecule has 0 aliphatic rings. The lowest BCUT2D eigenvalue weighted by molar-refractivity contribution is 0.162. The molecule has 20 heavy (non-hydrogen) atoms. The standard InChI is InChI=1S/C15H20BrN3O/c1-11(20)7-8-19(2)10-15-17-9-14(18-15)12-3-5-13(16)6-4-12/h3-6,9,11,20H,7-8,10H2,1-2H3,(H,17,18). The Balaban J connectivity index is 1.96. The molecular weight excluding hydrogens is 318 g/mol. The predicted octanol–water partition coefficient (Wildman–Crippen LogP) is 3.04. The Morgan fingerprint density at radius 3 is 2.70 bits per heavy atom. The molecule has 2 rings (SSSR count). The summed E-state index contributed by atoms with van der Waals surface area (Å²) in [6.07, 6.45) is 2.38. The van der Waals surface area contributed by atoms with Crippen LogP contribution in [0.2, 0.25) is 0 Å². The number of aromatic amines is 1. The number of H-pyrrole nitrogens is 1. The van der Waals surface area contributed by atoms with Gasteiger partial charge in [-0.1, -0.05) is 28.1 Å². The van der Waals surface area contributed by atoms with E-state index in [1.165, 1.54) is 0 Å². The Morgan fingerprint density at radius 2 is 2.05 bits per heavy atom. The van der Waals surface area contributed by atoms with Crippen LogP contribution in [-0.2, 0) is 6.54 Å². The van der Waals surface area contributed by atoms with Gasteiger partial charge < -0.3 is 10.1 Å². The van der Waals surface area contributed by atoms with Gasteiger partial charge in [0, 0.05) is 11.0 Å². The maximum absolute atomic E-state index is 9.29. The molecular formula is C15H20BrN3O. The van der Waals surface area contributed by atoms with Crippen molar-refractivity contribution in [2.45, 2.75) is 26.0 Å². The van der Waals surface area contributed by atoms with E-state index < -0.39 is 0 Å². The molecule has 108 valence electrons. The fourth-order valence-electron chi connectivity index (χ4n) is 1.96. The zero-order valence-electron chi connectivity index (χ0n) is 11.8. The van der Waals surface area contributed by atoms with Crippen LogP contribution < -0.4 is 0 Å². The van der Waals surface area contributed by atoms with Crippen LogP contribution in [0.3, 0.4) is 0 Å². The molecule has 1 aromatic carbocycles. The number of aliphatic hydroxyl groups is 1. The van der Waals surface area contributed by atoms with E-state index in [4.69, 9.17) is 0 Å². The van der Waals surface area contributed by atoms with E-state index in [0.717, 1.165) is 41.1 Å². The van der Waals surface area contributed by atoms with E-state index >= 15 is 0 Å². The van der Waals surface area contributed by atoms with Crippen LogP contribution in [0.4, 0.5) is 0 Å². The van der Waals surface area contributed by atoms with Gasteiger partial charge in [0.1, 0.15) is 5.82 Å². The number of hydrogen-bond acceptors (Lipinski definition) is 3. The molecule has 0 aliphatic heterocycles. The van der Waals surface area contributed by atoms with Crippen molar-refractivity contribution in [2.24, 2.45) is 0 Å². The molecule has 2 N–H and O–H groups in total. The van der Waals surface area contributed by atoms with E-state index in [-0.39, 0.29) is 6.10 Å². The van der Waals surface area contributed by atoms with E-state index in [1.54, 1.807) is 0 Å². The van der Waals surface area contributed by atoms with Crippen LogP contribution in [0.1, 0.15) is 19.2 Å². The lowest BCUT2D eigenvalue weighted by Crippen LogP contribution is -2.22. The van der Waals surface area contributed by atoms with Gasteiger partial charge in [0.2, 0.25) is 0 Å². The number of imidazole rings is 1. The first-order valence-corrected chi connectivity index (χ1v) is 7.50. The van der Waals surface area contributed by atoms with Gasteiger partial charge in [-0.05, 0) is 38.1 Å². The van der Waals surface area contributed by atoms with Crippen molar-refractivity contribution in [1.29, 1.82) is 0 Å². The first-order chi connectivity index (χ1) is 9.54. The SMILES string of the molecule is CC(O)CCN(C)Cc1ncc(-c2ccc(Br)cc2)[nH]1. The highest BCUT2D eigenvalue weighted by Crippen LogP contribution is 2.20. The van der Waals surface area contributed by atoms with Gasteiger partial charge in [0.15, 0.2) is 0 Å². The fourth-order valence-corrected chi connectivity index (χ4v) is 2.23. The van der Waals surface area contributed by atoms with Gasteiger partial charge in [0.25, 0.3) is 0 Å². The molecule has 1 atom stereocenters. The monoisotopic (exact) mass is 337 g/mol. The minimum Gasteiger partial charge on any atom is -0.393 e. The summed E-state index contributed by atoms with van der Waals surface area (Å²) in [5.74, 6) is 0.941. The van der Waals surface area contributed by atoms with Crippen molar-refractivity contribution in [3.63, 3.8) is 0 Å². The number of benzene rings is 1. The molecule has 0 aliphatic carbocycles. The van der Waals surface area contributed by atoms with Gasteiger partial charge in [-0.3, -0.25) is 4.90 Å². The van der Waals surface area contributed by atoms with E-state index in [0.29, 0.717) is 0 Å². The summed E-state index contributed by atoms with van der Waals surface area (Å²) in [5, 5.41) is 9.29. The molecule has 0 saturated heterocycles. The van der Waals surface area contributed by atoms with Crippen molar-refractivity contribution < 1.29 is 5.11 Å². The van der Waals surface area contributed by atoms with Crippen LogP contribution in [0.15, 0.2) is 34.9 Å². The third-order valence-electron chi connectivity index (χ3n) is 3.13. The number of hydrogen-bond donors (Lipinski definition) is 2. The molecule has 1 aromatic heterocycles. The summed E-state index contributed by atoms with van der Waals surface area (Å²) >= 11 is 3.43. The van der Waals surface area contributed by atoms with Crippen LogP contribution in [0.5, 0.6) is 0 Å². The largest absolute Gasteiger partial charge is 0.393 e. The Hall–Kier alpha value is -1.17. The first kappa shape index (κ1) is 15.2. The molecule has 0 bridgehead atoms. The van der Waals surface area contributed by atoms with Crippen LogP contribution in [0, 0.1) is 0 Å². The highest BCUT2D eigenvalue weighted by Gasteiger charge is 2.07. The molecule has 0 spiro atoms. The topological polar surface area (TPSA) is 52.1 Å². The lowest BCUT2D eigenvalue weighted by Gasteiger charge is -2.15. The van der Waals surface area contributed by atoms with E-state index in [1.807, 2.05) is 32.3 Å². The number of halogens is 1. The van der Waals surface area contributed by atoms with Crippen molar-refractivity contribution in [1.82, 2.24) is 14.9 Å². The number of aromatic nitrogens is 2. The molecule has 2 aromatic rings. The van der Waals surface area contributed by atoms with Crippen molar-refractivity contribution >= 4 is 15.9 Å². The number of nitrogens with zero attached hydrogens (tertiary/aromatic N) is 2. The summed E-state index contributed by atoms with van der Waals surface area (Å²) in [5.41, 5.74) is 2.15. The Bertz CT molecular complexity index is 536. The third-order valence-corrected chi connectivity index (χ3v) is 3.66. The minimum atomic E-state index is -0.257. The van der Waals surface area contributed by atoms with Crippen molar-refractivity contribution in [3.05, 3.63) is 40.8 Å². The summed E-state index contributed by atoms with van der Waals surface area (Å²) in [6, 6.07) is 8.15. The molecule has 5 heteroatoms. The molecule has 0 saturated carbocycles. The Morgan fingerprint density at radius 1 is 1.35 bits per heavy atom. The zero-order valence-corrected chi connectivity index (χ0v) is 13.4. The van der Waals surface area contributed by atoms with Gasteiger partial charge >= 0.3 is 0 Å². The maximum atomic E-state index is 9.29. The lowest BCUT2D eigenvalue weighted by atomic mass is 10.2. The summed E-state index contributed by atoms with van der Waals surface area (Å²) < 4.78 is 1.07. The first-order valence-electron chi connectivity index (χ1n) is 6.71. The summed E-state index contributed by atoms with van der Waals surface area (Å²) in [4.78, 5) is 9.90. The van der Waals surface area contributed by atoms with Crippen LogP contribution in [0.25, 0.3) is 11.3 Å². The second-order valence-electron chi connectivity index (χ2n) is 5.13. The fraction of sp³-hybridized carbons (Fsp3) is 0.400. The molecule has 4 nitrogen and oxygen atoms in total. The Labute approximate surface area is 128 Å². The quantitative estimate of drug-likeness (QED) is 0.851. The summed E-state index contributed by atoms with van der Waals surface area (Å²) in [6.45, 7) is 3.42. The van der Waals surface area contributed by atoms with Crippen molar-refractivity contribution in [2.75, 3.05) is 13.6 Å². The highest BCUT2D eigenvalue weighted by atomic mass is 79.9. The van der Waals surface area contributed by atoms with Gasteiger partial charge in [-0.25, -0.2) is 4.98 Å². The number of rotatable bonds is 6. The number of nitrogens with one attached hydrogen (secondary N) is 1. The zero-order chi connectivity index (χ0) is 14.5. The molecule has 0 fully saturated rings. The second kappa shape index (κ2) is 7.02. The molecule has 1 heterocycles. The van der Waals surface area contributed by atoms with Gasteiger partial charge in [-0.15, -0.1) is 0 Å². The normalized spacial score (nSPS) is 12.8. The van der Waals surface area contributed by atoms with Crippen LogP contribution >= 0.6 is 15.9 Å². The molecule has 0 amide bonds. The second-order valence-corrected chi connectivity index (χ2v) is 6.04. The number of aliphatic hydroxyl groups excluding tert-OH is 1. The smallest absolute Gasteiger partial charge is 0.120 e. The highest BCUT2D eigenvalue weighted by molar-refractivity contribution is 9.10. The maximum Gasteiger partial charge on any atom is 0.120 e. The average molecular weight is 338 g/mol. The van der Waals surface area contributed by atoms with Gasteiger partial charge in [0.05, 0.1) is 24.5 Å². The molecule has 1 unspecified atom stereocenters. The average Bonchev–Trinajstić information content (AvgIpc) is 2.85. The van der Waals surface area contributed by atoms with E-state index in [9.17, 15) is 5.11 Å².